The van der Waals surface area contributed by atoms with Crippen molar-refractivity contribution in [3.8, 4) is 5.75 Å². The number of nitrogens with zero attached hydrogens (tertiary/aromatic N) is 2. The summed E-state index contributed by atoms with van der Waals surface area (Å²) < 4.78 is 7.24. The van der Waals surface area contributed by atoms with Crippen LogP contribution in [0, 0.1) is 0 Å². The largest absolute Gasteiger partial charge is 0.497 e. The molecule has 2 rings (SSSR count). The van der Waals surface area contributed by atoms with Crippen LogP contribution in [0.3, 0.4) is 0 Å². The Morgan fingerprint density at radius 2 is 2.22 bits per heavy atom. The molecule has 1 heterocycles. The van der Waals surface area contributed by atoms with E-state index in [0.29, 0.717) is 0 Å². The van der Waals surface area contributed by atoms with E-state index in [2.05, 4.69) is 23.4 Å². The zero-order chi connectivity index (χ0) is 12.8. The minimum atomic E-state index is 0.769. The number of ether oxygens (including phenoxy) is 1. The quantitative estimate of drug-likeness (QED) is 0.846. The molecule has 2 aromatic rings. The molecule has 4 heteroatoms. The number of nitrogens with one attached hydrogen (secondary N) is 1. The molecule has 1 aromatic carbocycles. The molecule has 0 bridgehead atoms. The molecule has 1 N–H and O–H groups in total. The van der Waals surface area contributed by atoms with Gasteiger partial charge in [-0.25, -0.2) is 0 Å². The highest BCUT2D eigenvalue weighted by molar-refractivity contribution is 5.28. The maximum atomic E-state index is 5.23. The van der Waals surface area contributed by atoms with Crippen LogP contribution in [0.2, 0.25) is 0 Å². The second-order valence-electron chi connectivity index (χ2n) is 4.11. The van der Waals surface area contributed by atoms with Crippen molar-refractivity contribution in [2.45, 2.75) is 20.0 Å². The molecule has 0 fully saturated rings. The smallest absolute Gasteiger partial charge is 0.119 e. The first-order valence-corrected chi connectivity index (χ1v) is 6.18. The molecule has 96 valence electrons. The Hall–Kier alpha value is -1.81. The molecule has 0 saturated carbocycles. The van der Waals surface area contributed by atoms with E-state index in [1.807, 2.05) is 35.1 Å². The lowest BCUT2D eigenvalue weighted by atomic mass is 10.2. The fourth-order valence-electron chi connectivity index (χ4n) is 1.85. The first-order chi connectivity index (χ1) is 8.83. The van der Waals surface area contributed by atoms with Crippen molar-refractivity contribution in [3.63, 3.8) is 0 Å². The summed E-state index contributed by atoms with van der Waals surface area (Å²) in [6.07, 6.45) is 1.84. The van der Waals surface area contributed by atoms with Gasteiger partial charge in [0.25, 0.3) is 0 Å². The Labute approximate surface area is 108 Å². The normalized spacial score (nSPS) is 10.6. The predicted octanol–water partition coefficient (Wildman–Crippen LogP) is 2.05. The van der Waals surface area contributed by atoms with Crippen LogP contribution in [0.5, 0.6) is 5.75 Å². The van der Waals surface area contributed by atoms with Crippen molar-refractivity contribution in [2.75, 3.05) is 13.7 Å². The number of rotatable bonds is 6. The molecular weight excluding hydrogens is 226 g/mol. The van der Waals surface area contributed by atoms with Gasteiger partial charge in [0.1, 0.15) is 5.75 Å². The molecular formula is C14H19N3O. The van der Waals surface area contributed by atoms with Crippen LogP contribution in [0.1, 0.15) is 18.2 Å². The molecule has 4 nitrogen and oxygen atoms in total. The Balaban J connectivity index is 2.10. The lowest BCUT2D eigenvalue weighted by Gasteiger charge is -2.09. The third-order valence-corrected chi connectivity index (χ3v) is 2.83. The van der Waals surface area contributed by atoms with Crippen LogP contribution in [-0.2, 0) is 13.1 Å². The first kappa shape index (κ1) is 12.6. The average molecular weight is 245 g/mol. The minimum absolute atomic E-state index is 0.769. The van der Waals surface area contributed by atoms with Gasteiger partial charge in [0.15, 0.2) is 0 Å². The van der Waals surface area contributed by atoms with E-state index in [0.717, 1.165) is 25.4 Å². The summed E-state index contributed by atoms with van der Waals surface area (Å²) >= 11 is 0. The average Bonchev–Trinajstić information content (AvgIpc) is 2.84. The predicted molar refractivity (Wildman–Crippen MR) is 71.7 cm³/mol. The standard InChI is InChI=1S/C14H19N3O/c1-3-15-10-13-7-8-16-17(13)11-12-5-4-6-14(9-12)18-2/h4-9,15H,3,10-11H2,1-2H3. The maximum absolute atomic E-state index is 5.23. The van der Waals surface area contributed by atoms with Crippen molar-refractivity contribution in [1.29, 1.82) is 0 Å². The second kappa shape index (κ2) is 6.21. The fourth-order valence-corrected chi connectivity index (χ4v) is 1.85. The zero-order valence-electron chi connectivity index (χ0n) is 10.9. The first-order valence-electron chi connectivity index (χ1n) is 6.18. The molecule has 0 radical (unpaired) electrons. The number of hydrogen-bond acceptors (Lipinski definition) is 3. The van der Waals surface area contributed by atoms with Crippen LogP contribution in [0.4, 0.5) is 0 Å². The van der Waals surface area contributed by atoms with Crippen LogP contribution in [0.25, 0.3) is 0 Å². The summed E-state index contributed by atoms with van der Waals surface area (Å²) in [5.74, 6) is 0.882. The number of benzene rings is 1. The summed E-state index contributed by atoms with van der Waals surface area (Å²) in [5, 5.41) is 7.67. The molecule has 0 unspecified atom stereocenters. The summed E-state index contributed by atoms with van der Waals surface area (Å²) in [5.41, 5.74) is 2.38. The SMILES string of the molecule is CCNCc1ccnn1Cc1cccc(OC)c1. The second-order valence-corrected chi connectivity index (χ2v) is 4.11. The minimum Gasteiger partial charge on any atom is -0.497 e. The Morgan fingerprint density at radius 1 is 1.33 bits per heavy atom. The molecule has 0 saturated heterocycles. The Bertz CT molecular complexity index is 493. The summed E-state index contributed by atoms with van der Waals surface area (Å²) in [7, 11) is 1.68. The fraction of sp³-hybridized carbons (Fsp3) is 0.357. The third kappa shape index (κ3) is 3.11. The van der Waals surface area contributed by atoms with E-state index in [-0.39, 0.29) is 0 Å². The van der Waals surface area contributed by atoms with Gasteiger partial charge >= 0.3 is 0 Å². The summed E-state index contributed by atoms with van der Waals surface area (Å²) in [6.45, 7) is 4.68. The van der Waals surface area contributed by atoms with Gasteiger partial charge in [-0.1, -0.05) is 19.1 Å². The van der Waals surface area contributed by atoms with E-state index in [4.69, 9.17) is 4.74 Å². The third-order valence-electron chi connectivity index (χ3n) is 2.83. The van der Waals surface area contributed by atoms with E-state index >= 15 is 0 Å². The van der Waals surface area contributed by atoms with Gasteiger partial charge in [0.2, 0.25) is 0 Å². The van der Waals surface area contributed by atoms with Gasteiger partial charge < -0.3 is 10.1 Å². The lowest BCUT2D eigenvalue weighted by molar-refractivity contribution is 0.414. The van der Waals surface area contributed by atoms with E-state index < -0.39 is 0 Å². The van der Waals surface area contributed by atoms with Gasteiger partial charge in [-0.05, 0) is 30.3 Å². The Morgan fingerprint density at radius 3 is 3.00 bits per heavy atom. The van der Waals surface area contributed by atoms with E-state index in [1.165, 1.54) is 11.3 Å². The van der Waals surface area contributed by atoms with Crippen LogP contribution >= 0.6 is 0 Å². The molecule has 0 aliphatic rings. The zero-order valence-corrected chi connectivity index (χ0v) is 10.9. The highest BCUT2D eigenvalue weighted by Gasteiger charge is 2.03. The molecule has 0 amide bonds. The van der Waals surface area contributed by atoms with Crippen LogP contribution in [0.15, 0.2) is 36.5 Å². The van der Waals surface area contributed by atoms with Crippen molar-refractivity contribution < 1.29 is 4.74 Å². The molecule has 0 spiro atoms. The van der Waals surface area contributed by atoms with Crippen LogP contribution < -0.4 is 10.1 Å². The van der Waals surface area contributed by atoms with Gasteiger partial charge in [-0.15, -0.1) is 0 Å². The van der Waals surface area contributed by atoms with Crippen molar-refractivity contribution >= 4 is 0 Å². The van der Waals surface area contributed by atoms with Gasteiger partial charge in [0.05, 0.1) is 19.3 Å². The topological polar surface area (TPSA) is 39.1 Å². The monoisotopic (exact) mass is 245 g/mol. The molecule has 0 atom stereocenters. The summed E-state index contributed by atoms with van der Waals surface area (Å²) in [4.78, 5) is 0. The lowest BCUT2D eigenvalue weighted by Crippen LogP contribution is -2.16. The van der Waals surface area contributed by atoms with Gasteiger partial charge in [-0.2, -0.15) is 5.10 Å². The van der Waals surface area contributed by atoms with Gasteiger partial charge in [0, 0.05) is 12.7 Å². The highest BCUT2D eigenvalue weighted by Crippen LogP contribution is 2.14. The Kier molecular flexibility index (Phi) is 4.36. The maximum Gasteiger partial charge on any atom is 0.119 e. The van der Waals surface area contributed by atoms with Gasteiger partial charge in [-0.3, -0.25) is 4.68 Å². The van der Waals surface area contributed by atoms with Crippen LogP contribution in [-0.4, -0.2) is 23.4 Å². The number of aromatic nitrogens is 2. The van der Waals surface area contributed by atoms with Crippen molar-refractivity contribution in [2.24, 2.45) is 0 Å². The molecule has 1 aromatic heterocycles. The van der Waals surface area contributed by atoms with Crippen molar-refractivity contribution in [1.82, 2.24) is 15.1 Å². The van der Waals surface area contributed by atoms with Crippen molar-refractivity contribution in [3.05, 3.63) is 47.8 Å². The molecule has 18 heavy (non-hydrogen) atoms. The number of hydrogen-bond donors (Lipinski definition) is 1. The van der Waals surface area contributed by atoms with E-state index in [9.17, 15) is 0 Å². The summed E-state index contributed by atoms with van der Waals surface area (Å²) in [6, 6.07) is 10.1. The molecule has 0 aliphatic heterocycles. The van der Waals surface area contributed by atoms with E-state index in [1.54, 1.807) is 7.11 Å². The molecule has 0 aliphatic carbocycles. The highest BCUT2D eigenvalue weighted by atomic mass is 16.5. The number of methoxy groups -OCH3 is 1.